The fourth-order valence-corrected chi connectivity index (χ4v) is 5.11. The number of carbonyl (C=O) groups excluding carboxylic acids is 1. The molecule has 4 rings (SSSR count). The highest BCUT2D eigenvalue weighted by Crippen LogP contribution is 2.33. The summed E-state index contributed by atoms with van der Waals surface area (Å²) in [6.07, 6.45) is 1.78. The zero-order chi connectivity index (χ0) is 20.5. The number of nitrogens with two attached hydrogens (primary N) is 1. The van der Waals surface area contributed by atoms with E-state index in [1.807, 2.05) is 30.9 Å². The molecular formula is C24H32N4O. The molecule has 154 valence electrons. The van der Waals surface area contributed by atoms with Gasteiger partial charge in [0.15, 0.2) is 0 Å². The Hall–Kier alpha value is -2.24. The smallest absolute Gasteiger partial charge is 0.255 e. The Kier molecular flexibility index (Phi) is 5.70. The number of nitrogens with zero attached hydrogens (tertiary/aromatic N) is 3. The molecule has 2 aliphatic heterocycles. The number of benzene rings is 1. The van der Waals surface area contributed by atoms with Gasteiger partial charge in [0.05, 0.1) is 11.3 Å². The molecule has 0 spiro atoms. The third-order valence-electron chi connectivity index (χ3n) is 6.76. The van der Waals surface area contributed by atoms with Gasteiger partial charge in [-0.15, -0.1) is 0 Å². The van der Waals surface area contributed by atoms with Crippen LogP contribution in [0.3, 0.4) is 0 Å². The molecule has 29 heavy (non-hydrogen) atoms. The Morgan fingerprint density at radius 1 is 1.10 bits per heavy atom. The number of hydrogen-bond acceptors (Lipinski definition) is 4. The van der Waals surface area contributed by atoms with Crippen LogP contribution in [0.5, 0.6) is 0 Å². The van der Waals surface area contributed by atoms with Crippen LogP contribution in [0.2, 0.25) is 0 Å². The summed E-state index contributed by atoms with van der Waals surface area (Å²) >= 11 is 0. The standard InChI is InChI=1S/C24H32N4O/c1-16-9-10-26-18(3)22(16)24(29)28-14-20-12-27(13-21(20)15-28)11-17(2)23(25)19-7-5-4-6-8-19/h4-10,17,20-21,23H,11-15,25H2,1-3H3. The lowest BCUT2D eigenvalue weighted by atomic mass is 9.95. The van der Waals surface area contributed by atoms with E-state index >= 15 is 0 Å². The molecule has 5 heteroatoms. The fraction of sp³-hybridized carbons (Fsp3) is 0.500. The molecule has 1 aromatic carbocycles. The molecule has 4 unspecified atom stereocenters. The van der Waals surface area contributed by atoms with E-state index in [2.05, 4.69) is 41.1 Å². The molecule has 2 saturated heterocycles. The Labute approximate surface area is 173 Å². The van der Waals surface area contributed by atoms with E-state index in [9.17, 15) is 4.79 Å². The Morgan fingerprint density at radius 3 is 2.38 bits per heavy atom. The summed E-state index contributed by atoms with van der Waals surface area (Å²) in [6, 6.07) is 12.4. The van der Waals surface area contributed by atoms with E-state index in [4.69, 9.17) is 5.73 Å². The number of fused-ring (bicyclic) bond motifs is 1. The molecule has 2 fully saturated rings. The van der Waals surface area contributed by atoms with Gasteiger partial charge in [0.2, 0.25) is 0 Å². The van der Waals surface area contributed by atoms with Crippen molar-refractivity contribution in [2.45, 2.75) is 26.8 Å². The van der Waals surface area contributed by atoms with E-state index in [1.54, 1.807) is 6.20 Å². The number of carbonyl (C=O) groups is 1. The van der Waals surface area contributed by atoms with Crippen molar-refractivity contribution in [3.05, 3.63) is 65.0 Å². The Balaban J connectivity index is 1.34. The van der Waals surface area contributed by atoms with Crippen molar-refractivity contribution in [2.24, 2.45) is 23.5 Å². The first-order chi connectivity index (χ1) is 13.9. The van der Waals surface area contributed by atoms with Crippen molar-refractivity contribution in [2.75, 3.05) is 32.7 Å². The van der Waals surface area contributed by atoms with Crippen molar-refractivity contribution in [3.63, 3.8) is 0 Å². The first-order valence-corrected chi connectivity index (χ1v) is 10.7. The maximum Gasteiger partial charge on any atom is 0.255 e. The van der Waals surface area contributed by atoms with Crippen LogP contribution in [-0.2, 0) is 0 Å². The number of likely N-dealkylation sites (tertiary alicyclic amines) is 2. The lowest BCUT2D eigenvalue weighted by Gasteiger charge is -2.27. The van der Waals surface area contributed by atoms with Gasteiger partial charge in [-0.05, 0) is 48.8 Å². The summed E-state index contributed by atoms with van der Waals surface area (Å²) in [4.78, 5) is 22.0. The SMILES string of the molecule is Cc1ccnc(C)c1C(=O)N1CC2CN(CC(C)C(N)c3ccccc3)CC2C1. The van der Waals surface area contributed by atoms with Crippen LogP contribution in [0, 0.1) is 31.6 Å². The summed E-state index contributed by atoms with van der Waals surface area (Å²) < 4.78 is 0. The van der Waals surface area contributed by atoms with Crippen molar-refractivity contribution >= 4 is 5.91 Å². The molecule has 3 heterocycles. The Bertz CT molecular complexity index is 834. The van der Waals surface area contributed by atoms with Crippen LogP contribution in [0.4, 0.5) is 0 Å². The summed E-state index contributed by atoms with van der Waals surface area (Å²) in [5.74, 6) is 1.68. The van der Waals surface area contributed by atoms with Crippen molar-refractivity contribution < 1.29 is 4.79 Å². The second kappa shape index (κ2) is 8.25. The third-order valence-corrected chi connectivity index (χ3v) is 6.76. The van der Waals surface area contributed by atoms with E-state index in [0.29, 0.717) is 17.8 Å². The van der Waals surface area contributed by atoms with E-state index in [-0.39, 0.29) is 11.9 Å². The maximum atomic E-state index is 13.1. The van der Waals surface area contributed by atoms with Crippen LogP contribution < -0.4 is 5.73 Å². The van der Waals surface area contributed by atoms with Crippen molar-refractivity contribution in [3.8, 4) is 0 Å². The number of amides is 1. The summed E-state index contributed by atoms with van der Waals surface area (Å²) in [5, 5.41) is 0. The summed E-state index contributed by atoms with van der Waals surface area (Å²) in [7, 11) is 0. The first-order valence-electron chi connectivity index (χ1n) is 10.7. The molecule has 2 aromatic rings. The minimum atomic E-state index is 0.0613. The van der Waals surface area contributed by atoms with Gasteiger partial charge in [-0.25, -0.2) is 0 Å². The molecular weight excluding hydrogens is 360 g/mol. The van der Waals surface area contributed by atoms with E-state index < -0.39 is 0 Å². The van der Waals surface area contributed by atoms with Gasteiger partial charge in [0.1, 0.15) is 0 Å². The van der Waals surface area contributed by atoms with Crippen LogP contribution in [0.25, 0.3) is 0 Å². The maximum absolute atomic E-state index is 13.1. The number of rotatable bonds is 5. The van der Waals surface area contributed by atoms with Crippen LogP contribution >= 0.6 is 0 Å². The third kappa shape index (κ3) is 4.07. The minimum absolute atomic E-state index is 0.0613. The second-order valence-electron chi connectivity index (χ2n) is 8.95. The van der Waals surface area contributed by atoms with Gasteiger partial charge in [-0.3, -0.25) is 9.78 Å². The average molecular weight is 393 g/mol. The highest BCUT2D eigenvalue weighted by Gasteiger charge is 2.42. The predicted molar refractivity (Wildman–Crippen MR) is 116 cm³/mol. The molecule has 1 aromatic heterocycles. The van der Waals surface area contributed by atoms with E-state index in [1.165, 1.54) is 5.56 Å². The molecule has 4 atom stereocenters. The fourth-order valence-electron chi connectivity index (χ4n) is 5.11. The van der Waals surface area contributed by atoms with Gasteiger partial charge in [0, 0.05) is 45.0 Å². The second-order valence-corrected chi connectivity index (χ2v) is 8.95. The molecule has 0 bridgehead atoms. The van der Waals surface area contributed by atoms with Gasteiger partial charge in [-0.1, -0.05) is 37.3 Å². The zero-order valence-corrected chi connectivity index (χ0v) is 17.7. The lowest BCUT2D eigenvalue weighted by Crippen LogP contribution is -2.36. The molecule has 5 nitrogen and oxygen atoms in total. The van der Waals surface area contributed by atoms with Crippen LogP contribution in [0.15, 0.2) is 42.6 Å². The number of aromatic nitrogens is 1. The van der Waals surface area contributed by atoms with Crippen LogP contribution in [0.1, 0.15) is 40.1 Å². The van der Waals surface area contributed by atoms with Gasteiger partial charge >= 0.3 is 0 Å². The number of pyridine rings is 1. The minimum Gasteiger partial charge on any atom is -0.338 e. The number of hydrogen-bond donors (Lipinski definition) is 1. The van der Waals surface area contributed by atoms with Crippen molar-refractivity contribution in [1.82, 2.24) is 14.8 Å². The number of aryl methyl sites for hydroxylation is 2. The first kappa shape index (κ1) is 20.0. The quantitative estimate of drug-likeness (QED) is 0.850. The molecule has 0 saturated carbocycles. The van der Waals surface area contributed by atoms with Crippen molar-refractivity contribution in [1.29, 1.82) is 0 Å². The monoisotopic (exact) mass is 392 g/mol. The van der Waals surface area contributed by atoms with Gasteiger partial charge in [-0.2, -0.15) is 0 Å². The average Bonchev–Trinajstić information content (AvgIpc) is 3.26. The zero-order valence-electron chi connectivity index (χ0n) is 17.7. The van der Waals surface area contributed by atoms with E-state index in [0.717, 1.165) is 49.5 Å². The molecule has 0 radical (unpaired) electrons. The highest BCUT2D eigenvalue weighted by atomic mass is 16.2. The molecule has 2 aliphatic rings. The molecule has 0 aliphatic carbocycles. The lowest BCUT2D eigenvalue weighted by molar-refractivity contribution is 0.0770. The van der Waals surface area contributed by atoms with Gasteiger partial charge < -0.3 is 15.5 Å². The largest absolute Gasteiger partial charge is 0.338 e. The topological polar surface area (TPSA) is 62.5 Å². The molecule has 2 N–H and O–H groups in total. The summed E-state index contributed by atoms with van der Waals surface area (Å²) in [5.41, 5.74) is 10.3. The summed E-state index contributed by atoms with van der Waals surface area (Å²) in [6.45, 7) is 11.0. The molecule has 1 amide bonds. The predicted octanol–water partition coefficient (Wildman–Crippen LogP) is 3.04. The van der Waals surface area contributed by atoms with Gasteiger partial charge in [0.25, 0.3) is 5.91 Å². The normalized spacial score (nSPS) is 23.8. The van der Waals surface area contributed by atoms with Crippen LogP contribution in [-0.4, -0.2) is 53.4 Å². The highest BCUT2D eigenvalue weighted by molar-refractivity contribution is 5.96. The Morgan fingerprint density at radius 2 is 1.76 bits per heavy atom.